The van der Waals surface area contributed by atoms with Crippen LogP contribution in [0.3, 0.4) is 0 Å². The van der Waals surface area contributed by atoms with Gasteiger partial charge < -0.3 is 5.01 Å². The van der Waals surface area contributed by atoms with E-state index in [2.05, 4.69) is 60.7 Å². The SMILES string of the molecule is CCCCNN(CCCC)c1ccc(/C=C/c2ccc(C=O)cc2)cc1. The molecule has 3 heteroatoms. The lowest BCUT2D eigenvalue weighted by Crippen LogP contribution is -2.39. The second-order valence-corrected chi connectivity index (χ2v) is 6.48. The van der Waals surface area contributed by atoms with Gasteiger partial charge in [-0.2, -0.15) is 0 Å². The van der Waals surface area contributed by atoms with Crippen molar-refractivity contribution in [3.8, 4) is 0 Å². The van der Waals surface area contributed by atoms with Gasteiger partial charge in [0, 0.05) is 18.7 Å². The molecule has 138 valence electrons. The van der Waals surface area contributed by atoms with Crippen molar-refractivity contribution in [3.63, 3.8) is 0 Å². The Morgan fingerprint density at radius 1 is 0.808 bits per heavy atom. The van der Waals surface area contributed by atoms with Crippen molar-refractivity contribution >= 4 is 24.1 Å². The minimum absolute atomic E-state index is 0.703. The Labute approximate surface area is 157 Å². The average molecular weight is 351 g/mol. The van der Waals surface area contributed by atoms with Gasteiger partial charge in [-0.3, -0.25) is 4.79 Å². The minimum Gasteiger partial charge on any atom is -0.308 e. The summed E-state index contributed by atoms with van der Waals surface area (Å²) in [6.45, 7) is 6.47. The number of unbranched alkanes of at least 4 members (excludes halogenated alkanes) is 2. The Balaban J connectivity index is 2.01. The van der Waals surface area contributed by atoms with Crippen LogP contribution >= 0.6 is 0 Å². The predicted molar refractivity (Wildman–Crippen MR) is 112 cm³/mol. The summed E-state index contributed by atoms with van der Waals surface area (Å²) in [6, 6.07) is 16.2. The summed E-state index contributed by atoms with van der Waals surface area (Å²) in [6.07, 6.45) is 9.79. The molecule has 0 amide bonds. The van der Waals surface area contributed by atoms with E-state index in [0.29, 0.717) is 5.56 Å². The second-order valence-electron chi connectivity index (χ2n) is 6.48. The number of carbonyl (C=O) groups is 1. The van der Waals surface area contributed by atoms with Gasteiger partial charge in [0.1, 0.15) is 6.29 Å². The van der Waals surface area contributed by atoms with E-state index in [9.17, 15) is 4.79 Å². The molecule has 3 nitrogen and oxygen atoms in total. The van der Waals surface area contributed by atoms with Crippen molar-refractivity contribution in [3.05, 3.63) is 65.2 Å². The van der Waals surface area contributed by atoms with E-state index >= 15 is 0 Å². The molecule has 0 spiro atoms. The fourth-order valence-corrected chi connectivity index (χ4v) is 2.65. The maximum atomic E-state index is 10.7. The molecule has 26 heavy (non-hydrogen) atoms. The first-order valence-corrected chi connectivity index (χ1v) is 9.61. The lowest BCUT2D eigenvalue weighted by molar-refractivity contribution is 0.112. The van der Waals surface area contributed by atoms with Crippen LogP contribution in [0.25, 0.3) is 12.2 Å². The molecule has 0 fully saturated rings. The maximum absolute atomic E-state index is 10.7. The van der Waals surface area contributed by atoms with Gasteiger partial charge in [0.25, 0.3) is 0 Å². The molecule has 2 aromatic carbocycles. The summed E-state index contributed by atoms with van der Waals surface area (Å²) in [4.78, 5) is 10.7. The van der Waals surface area contributed by atoms with Gasteiger partial charge in [0.2, 0.25) is 0 Å². The normalized spacial score (nSPS) is 11.0. The zero-order chi connectivity index (χ0) is 18.6. The van der Waals surface area contributed by atoms with Crippen LogP contribution in [0.2, 0.25) is 0 Å². The smallest absolute Gasteiger partial charge is 0.150 e. The fourth-order valence-electron chi connectivity index (χ4n) is 2.65. The summed E-state index contributed by atoms with van der Waals surface area (Å²) < 4.78 is 0. The average Bonchev–Trinajstić information content (AvgIpc) is 2.70. The molecule has 0 aliphatic heterocycles. The highest BCUT2D eigenvalue weighted by Gasteiger charge is 2.04. The van der Waals surface area contributed by atoms with Crippen molar-refractivity contribution in [2.75, 3.05) is 18.1 Å². The molecular formula is C23H30N2O. The van der Waals surface area contributed by atoms with Gasteiger partial charge in [-0.05, 0) is 36.1 Å². The molecule has 0 saturated heterocycles. The zero-order valence-electron chi connectivity index (χ0n) is 15.9. The Bertz CT molecular complexity index is 674. The summed E-state index contributed by atoms with van der Waals surface area (Å²) in [5, 5.41) is 2.27. The van der Waals surface area contributed by atoms with Crippen molar-refractivity contribution < 1.29 is 4.79 Å². The number of hydrogen-bond acceptors (Lipinski definition) is 3. The highest BCUT2D eigenvalue weighted by Crippen LogP contribution is 2.16. The van der Waals surface area contributed by atoms with Crippen LogP contribution < -0.4 is 10.4 Å². The number of nitrogens with one attached hydrogen (secondary N) is 1. The van der Waals surface area contributed by atoms with E-state index in [4.69, 9.17) is 0 Å². The van der Waals surface area contributed by atoms with Gasteiger partial charge in [-0.15, -0.1) is 0 Å². The zero-order valence-corrected chi connectivity index (χ0v) is 15.9. The van der Waals surface area contributed by atoms with E-state index in [1.54, 1.807) is 0 Å². The Kier molecular flexibility index (Phi) is 8.64. The van der Waals surface area contributed by atoms with Gasteiger partial charge in [-0.1, -0.05) is 75.2 Å². The second kappa shape index (κ2) is 11.3. The molecule has 0 atom stereocenters. The number of aldehydes is 1. The number of hydrogen-bond donors (Lipinski definition) is 1. The first-order chi connectivity index (χ1) is 12.8. The summed E-state index contributed by atoms with van der Waals surface area (Å²) in [7, 11) is 0. The van der Waals surface area contributed by atoms with Gasteiger partial charge >= 0.3 is 0 Å². The highest BCUT2D eigenvalue weighted by molar-refractivity contribution is 5.76. The number of carbonyl (C=O) groups excluding carboxylic acids is 1. The first-order valence-electron chi connectivity index (χ1n) is 9.61. The summed E-state index contributed by atoms with van der Waals surface area (Å²) >= 11 is 0. The van der Waals surface area contributed by atoms with Crippen molar-refractivity contribution in [2.45, 2.75) is 39.5 Å². The van der Waals surface area contributed by atoms with Crippen molar-refractivity contribution in [1.29, 1.82) is 0 Å². The minimum atomic E-state index is 0.703. The molecule has 0 unspecified atom stereocenters. The van der Waals surface area contributed by atoms with Crippen LogP contribution in [-0.2, 0) is 0 Å². The number of rotatable bonds is 11. The topological polar surface area (TPSA) is 32.3 Å². The molecule has 0 bridgehead atoms. The highest BCUT2D eigenvalue weighted by atomic mass is 16.1. The third-order valence-electron chi connectivity index (χ3n) is 4.31. The van der Waals surface area contributed by atoms with Crippen LogP contribution in [0.1, 0.15) is 61.0 Å². The van der Waals surface area contributed by atoms with E-state index in [1.807, 2.05) is 24.3 Å². The Morgan fingerprint density at radius 2 is 1.35 bits per heavy atom. The Hall–Kier alpha value is -2.39. The number of hydrazine groups is 1. The standard InChI is InChI=1S/C23H30N2O/c1-3-5-17-24-25(18-6-4-2)23-15-13-21(14-16-23)8-7-20-9-11-22(19-26)12-10-20/h7-16,19,24H,3-6,17-18H2,1-2H3/b8-7+. The number of benzene rings is 2. The molecule has 2 aromatic rings. The van der Waals surface area contributed by atoms with Gasteiger partial charge in [0.15, 0.2) is 0 Å². The molecule has 0 aliphatic carbocycles. The quantitative estimate of drug-likeness (QED) is 0.248. The first kappa shape index (κ1) is 19.9. The van der Waals surface area contributed by atoms with Crippen molar-refractivity contribution in [2.24, 2.45) is 0 Å². The molecule has 1 N–H and O–H groups in total. The summed E-state index contributed by atoms with van der Waals surface area (Å²) in [5.74, 6) is 0. The van der Waals surface area contributed by atoms with Crippen LogP contribution in [0.5, 0.6) is 0 Å². The monoisotopic (exact) mass is 350 g/mol. The Morgan fingerprint density at radius 3 is 1.88 bits per heavy atom. The van der Waals surface area contributed by atoms with Crippen LogP contribution in [0, 0.1) is 0 Å². The molecule has 0 radical (unpaired) electrons. The van der Waals surface area contributed by atoms with Crippen molar-refractivity contribution in [1.82, 2.24) is 5.43 Å². The van der Waals surface area contributed by atoms with E-state index < -0.39 is 0 Å². The predicted octanol–water partition coefficient (Wildman–Crippen LogP) is 5.58. The molecule has 0 aromatic heterocycles. The molecule has 0 saturated carbocycles. The molecular weight excluding hydrogens is 320 g/mol. The fraction of sp³-hybridized carbons (Fsp3) is 0.348. The van der Waals surface area contributed by atoms with E-state index in [-0.39, 0.29) is 0 Å². The largest absolute Gasteiger partial charge is 0.308 e. The lowest BCUT2D eigenvalue weighted by Gasteiger charge is -2.25. The van der Waals surface area contributed by atoms with E-state index in [1.165, 1.54) is 31.4 Å². The van der Waals surface area contributed by atoms with Gasteiger partial charge in [-0.25, -0.2) is 5.43 Å². The number of nitrogens with zero attached hydrogens (tertiary/aromatic N) is 1. The maximum Gasteiger partial charge on any atom is 0.150 e. The molecule has 2 rings (SSSR count). The third kappa shape index (κ3) is 6.49. The van der Waals surface area contributed by atoms with Crippen LogP contribution in [0.15, 0.2) is 48.5 Å². The third-order valence-corrected chi connectivity index (χ3v) is 4.31. The van der Waals surface area contributed by atoms with Crippen LogP contribution in [-0.4, -0.2) is 19.4 Å². The number of anilines is 1. The lowest BCUT2D eigenvalue weighted by atomic mass is 10.1. The molecule has 0 aliphatic rings. The van der Waals surface area contributed by atoms with E-state index in [0.717, 1.165) is 30.5 Å². The van der Waals surface area contributed by atoms with Gasteiger partial charge in [0.05, 0.1) is 5.69 Å². The summed E-state index contributed by atoms with van der Waals surface area (Å²) in [5.41, 5.74) is 7.71. The van der Waals surface area contributed by atoms with Crippen LogP contribution in [0.4, 0.5) is 5.69 Å². The molecule has 0 heterocycles.